The zero-order chi connectivity index (χ0) is 22.6. The predicted octanol–water partition coefficient (Wildman–Crippen LogP) is 2.19. The number of carbonyl (C=O) groups is 2. The average molecular weight is 446 g/mol. The molecule has 2 aromatic rings. The summed E-state index contributed by atoms with van der Waals surface area (Å²) in [6.45, 7) is 1.77. The first kappa shape index (κ1) is 22.3. The third kappa shape index (κ3) is 4.86. The summed E-state index contributed by atoms with van der Waals surface area (Å²) in [6, 6.07) is 12.8. The molecule has 1 aliphatic heterocycles. The molecule has 1 N–H and O–H groups in total. The lowest BCUT2D eigenvalue weighted by Crippen LogP contribution is -2.38. The number of ether oxygens (including phenoxy) is 3. The molecule has 0 saturated heterocycles. The Morgan fingerprint density at radius 3 is 2.16 bits per heavy atom. The summed E-state index contributed by atoms with van der Waals surface area (Å²) in [4.78, 5) is 26.0. The molecule has 0 aromatic heterocycles. The van der Waals surface area contributed by atoms with Crippen molar-refractivity contribution in [3.8, 4) is 0 Å². The summed E-state index contributed by atoms with van der Waals surface area (Å²) in [6.07, 6.45) is 0. The molecule has 0 atom stereocenters. The molecular formula is C21H22N2O7S. The highest BCUT2D eigenvalue weighted by Crippen LogP contribution is 2.28. The van der Waals surface area contributed by atoms with Crippen LogP contribution in [-0.4, -0.2) is 47.9 Å². The molecule has 10 heteroatoms. The summed E-state index contributed by atoms with van der Waals surface area (Å²) in [5, 5.41) is 0. The van der Waals surface area contributed by atoms with Crippen LogP contribution in [-0.2, 0) is 33.8 Å². The van der Waals surface area contributed by atoms with Gasteiger partial charge in [0.15, 0.2) is 0 Å². The molecule has 1 aliphatic rings. The monoisotopic (exact) mass is 446 g/mol. The van der Waals surface area contributed by atoms with E-state index < -0.39 is 22.0 Å². The fourth-order valence-corrected chi connectivity index (χ4v) is 4.05. The number of benzene rings is 2. The second-order valence-electron chi connectivity index (χ2n) is 6.68. The van der Waals surface area contributed by atoms with Gasteiger partial charge in [-0.25, -0.2) is 18.0 Å². The number of rotatable bonds is 6. The Labute approximate surface area is 180 Å². The van der Waals surface area contributed by atoms with Gasteiger partial charge in [0, 0.05) is 11.4 Å². The van der Waals surface area contributed by atoms with E-state index in [9.17, 15) is 18.0 Å². The molecule has 1 heterocycles. The van der Waals surface area contributed by atoms with E-state index in [1.807, 2.05) is 6.92 Å². The number of sulfonamides is 1. The summed E-state index contributed by atoms with van der Waals surface area (Å²) in [5.41, 5.74) is 1.82. The van der Waals surface area contributed by atoms with E-state index in [1.54, 1.807) is 36.4 Å². The first-order valence-electron chi connectivity index (χ1n) is 9.21. The molecule has 3 rings (SSSR count). The van der Waals surface area contributed by atoms with Crippen molar-refractivity contribution in [1.29, 1.82) is 0 Å². The van der Waals surface area contributed by atoms with Crippen molar-refractivity contribution in [2.24, 2.45) is 0 Å². The lowest BCUT2D eigenvalue weighted by molar-refractivity contribution is -0.140. The van der Waals surface area contributed by atoms with Gasteiger partial charge in [0.05, 0.1) is 31.3 Å². The number of nitrogens with one attached hydrogen (secondary N) is 1. The van der Waals surface area contributed by atoms with Crippen LogP contribution in [0.4, 0.5) is 11.4 Å². The van der Waals surface area contributed by atoms with E-state index in [1.165, 1.54) is 31.3 Å². The summed E-state index contributed by atoms with van der Waals surface area (Å²) in [5.74, 6) is -1.42. The summed E-state index contributed by atoms with van der Waals surface area (Å²) in [7, 11) is -1.34. The predicted molar refractivity (Wildman–Crippen MR) is 113 cm³/mol. The molecule has 0 saturated carbocycles. The summed E-state index contributed by atoms with van der Waals surface area (Å²) < 4.78 is 42.6. The van der Waals surface area contributed by atoms with Crippen LogP contribution in [0, 0.1) is 6.92 Å². The van der Waals surface area contributed by atoms with Crippen molar-refractivity contribution >= 4 is 33.3 Å². The smallest absolute Gasteiger partial charge is 0.355 e. The van der Waals surface area contributed by atoms with Crippen molar-refractivity contribution < 1.29 is 32.2 Å². The highest BCUT2D eigenvalue weighted by molar-refractivity contribution is 7.92. The Morgan fingerprint density at radius 2 is 1.58 bits per heavy atom. The standard InChI is InChI=1S/C21H22N2O7S/c1-14-4-10-17(11-5-14)31(26,27)22-15-6-8-16(9-7-15)23-13-30-12-18(20(24)28-2)19(23)21(25)29-3/h4-11,22H,12-13H2,1-3H3. The second-order valence-corrected chi connectivity index (χ2v) is 8.36. The van der Waals surface area contributed by atoms with Crippen LogP contribution < -0.4 is 9.62 Å². The maximum Gasteiger partial charge on any atom is 0.355 e. The SMILES string of the molecule is COC(=O)C1=C(C(=O)OC)N(c2ccc(NS(=O)(=O)c3ccc(C)cc3)cc2)COC1. The zero-order valence-electron chi connectivity index (χ0n) is 17.2. The van der Waals surface area contributed by atoms with Crippen LogP contribution in [0.25, 0.3) is 0 Å². The first-order chi connectivity index (χ1) is 14.8. The van der Waals surface area contributed by atoms with Crippen LogP contribution in [0.2, 0.25) is 0 Å². The minimum Gasteiger partial charge on any atom is -0.466 e. The molecule has 0 fully saturated rings. The Balaban J connectivity index is 1.88. The van der Waals surface area contributed by atoms with Crippen LogP contribution in [0.3, 0.4) is 0 Å². The molecule has 31 heavy (non-hydrogen) atoms. The number of nitrogens with zero attached hydrogens (tertiary/aromatic N) is 1. The van der Waals surface area contributed by atoms with Crippen molar-refractivity contribution in [1.82, 2.24) is 0 Å². The van der Waals surface area contributed by atoms with Gasteiger partial charge >= 0.3 is 11.9 Å². The van der Waals surface area contributed by atoms with Gasteiger partial charge in [0.1, 0.15) is 12.4 Å². The molecule has 0 aliphatic carbocycles. The van der Waals surface area contributed by atoms with Crippen molar-refractivity contribution in [3.63, 3.8) is 0 Å². The number of methoxy groups -OCH3 is 2. The highest BCUT2D eigenvalue weighted by Gasteiger charge is 2.32. The lowest BCUT2D eigenvalue weighted by atomic mass is 10.1. The van der Waals surface area contributed by atoms with E-state index in [4.69, 9.17) is 14.2 Å². The van der Waals surface area contributed by atoms with E-state index in [-0.39, 0.29) is 29.5 Å². The van der Waals surface area contributed by atoms with Gasteiger partial charge < -0.3 is 19.1 Å². The van der Waals surface area contributed by atoms with E-state index in [2.05, 4.69) is 4.72 Å². The minimum atomic E-state index is -3.75. The number of anilines is 2. The van der Waals surface area contributed by atoms with E-state index in [0.717, 1.165) is 5.56 Å². The third-order valence-corrected chi connectivity index (χ3v) is 5.99. The van der Waals surface area contributed by atoms with Gasteiger partial charge in [-0.2, -0.15) is 0 Å². The normalized spacial score (nSPS) is 14.2. The molecule has 0 unspecified atom stereocenters. The van der Waals surface area contributed by atoms with Gasteiger partial charge in [-0.15, -0.1) is 0 Å². The molecule has 0 amide bonds. The quantitative estimate of drug-likeness (QED) is 0.673. The number of aryl methyl sites for hydroxylation is 1. The van der Waals surface area contributed by atoms with E-state index >= 15 is 0 Å². The van der Waals surface area contributed by atoms with Gasteiger partial charge in [-0.05, 0) is 43.3 Å². The van der Waals surface area contributed by atoms with E-state index in [0.29, 0.717) is 11.4 Å². The number of carbonyl (C=O) groups excluding carboxylic acids is 2. The van der Waals surface area contributed by atoms with Gasteiger partial charge in [0.25, 0.3) is 10.0 Å². The van der Waals surface area contributed by atoms with Crippen LogP contribution in [0.5, 0.6) is 0 Å². The Hall–Kier alpha value is -3.37. The maximum absolute atomic E-state index is 12.6. The number of hydrogen-bond donors (Lipinski definition) is 1. The molecule has 2 aromatic carbocycles. The number of esters is 2. The fourth-order valence-electron chi connectivity index (χ4n) is 2.99. The number of hydrogen-bond acceptors (Lipinski definition) is 8. The zero-order valence-corrected chi connectivity index (χ0v) is 18.1. The van der Waals surface area contributed by atoms with Crippen molar-refractivity contribution in [3.05, 3.63) is 65.4 Å². The molecule has 0 radical (unpaired) electrons. The average Bonchev–Trinajstić information content (AvgIpc) is 2.78. The summed E-state index contributed by atoms with van der Waals surface area (Å²) >= 11 is 0. The largest absolute Gasteiger partial charge is 0.466 e. The molecule has 164 valence electrons. The molecule has 0 bridgehead atoms. The van der Waals surface area contributed by atoms with Gasteiger partial charge in [-0.1, -0.05) is 17.7 Å². The highest BCUT2D eigenvalue weighted by atomic mass is 32.2. The fraction of sp³-hybridized carbons (Fsp3) is 0.238. The van der Waals surface area contributed by atoms with Crippen LogP contribution in [0.1, 0.15) is 5.56 Å². The lowest BCUT2D eigenvalue weighted by Gasteiger charge is -2.31. The first-order valence-corrected chi connectivity index (χ1v) is 10.7. The molecular weight excluding hydrogens is 424 g/mol. The Bertz CT molecular complexity index is 1110. The van der Waals surface area contributed by atoms with Crippen molar-refractivity contribution in [2.45, 2.75) is 11.8 Å². The maximum atomic E-state index is 12.6. The Morgan fingerprint density at radius 1 is 0.968 bits per heavy atom. The van der Waals surface area contributed by atoms with Gasteiger partial charge in [-0.3, -0.25) is 4.72 Å². The third-order valence-electron chi connectivity index (χ3n) is 4.60. The molecule has 9 nitrogen and oxygen atoms in total. The molecule has 0 spiro atoms. The topological polar surface area (TPSA) is 111 Å². The second kappa shape index (κ2) is 9.19. The van der Waals surface area contributed by atoms with Crippen LogP contribution in [0.15, 0.2) is 64.7 Å². The van der Waals surface area contributed by atoms with Crippen LogP contribution >= 0.6 is 0 Å². The van der Waals surface area contributed by atoms with Crippen molar-refractivity contribution in [2.75, 3.05) is 37.2 Å². The minimum absolute atomic E-state index is 0.000627. The van der Waals surface area contributed by atoms with Gasteiger partial charge in [0.2, 0.25) is 0 Å². The Kier molecular flexibility index (Phi) is 6.62.